The Morgan fingerprint density at radius 2 is 1.78 bits per heavy atom. The Morgan fingerprint density at radius 1 is 1.07 bits per heavy atom. The van der Waals surface area contributed by atoms with Gasteiger partial charge in [-0.25, -0.2) is 19.3 Å². The molecule has 2 fully saturated rings. The number of piperazine rings is 1. The molecule has 0 unspecified atom stereocenters. The van der Waals surface area contributed by atoms with E-state index in [1.165, 1.54) is 12.1 Å². The summed E-state index contributed by atoms with van der Waals surface area (Å²) in [5.41, 5.74) is 0.301. The van der Waals surface area contributed by atoms with Gasteiger partial charge < -0.3 is 4.90 Å². The van der Waals surface area contributed by atoms with Crippen LogP contribution in [0.15, 0.2) is 36.7 Å². The van der Waals surface area contributed by atoms with E-state index in [0.29, 0.717) is 37.8 Å². The molecule has 1 aromatic carbocycles. The van der Waals surface area contributed by atoms with Crippen molar-refractivity contribution in [2.75, 3.05) is 36.0 Å². The van der Waals surface area contributed by atoms with Crippen molar-refractivity contribution >= 4 is 35.1 Å². The average Bonchev–Trinajstić information content (AvgIpc) is 2.99. The molecule has 0 bridgehead atoms. The van der Waals surface area contributed by atoms with Crippen LogP contribution in [-0.4, -0.2) is 58.9 Å². The number of amides is 2. The third-order valence-corrected chi connectivity index (χ3v) is 5.16. The molecule has 2 amide bonds. The highest BCUT2D eigenvalue weighted by molar-refractivity contribution is 6.31. The van der Waals surface area contributed by atoms with Gasteiger partial charge in [-0.2, -0.15) is 0 Å². The molecule has 0 radical (unpaired) electrons. The van der Waals surface area contributed by atoms with Crippen molar-refractivity contribution < 1.29 is 14.0 Å². The minimum atomic E-state index is -0.588. The van der Waals surface area contributed by atoms with E-state index in [1.54, 1.807) is 18.5 Å². The van der Waals surface area contributed by atoms with E-state index >= 15 is 0 Å². The van der Waals surface area contributed by atoms with Gasteiger partial charge in [0.25, 0.3) is 5.91 Å². The van der Waals surface area contributed by atoms with E-state index in [0.717, 1.165) is 11.0 Å². The van der Waals surface area contributed by atoms with E-state index in [-0.39, 0.29) is 23.3 Å². The lowest BCUT2D eigenvalue weighted by Crippen LogP contribution is -2.53. The first-order chi connectivity index (χ1) is 13.0. The van der Waals surface area contributed by atoms with Crippen LogP contribution in [0.5, 0.6) is 0 Å². The first kappa shape index (κ1) is 17.8. The van der Waals surface area contributed by atoms with Crippen LogP contribution in [0.25, 0.3) is 0 Å². The molecule has 0 spiro atoms. The highest BCUT2D eigenvalue weighted by atomic mass is 35.5. The Kier molecular flexibility index (Phi) is 4.75. The molecule has 2 aliphatic heterocycles. The Bertz CT molecular complexity index is 873. The topological polar surface area (TPSA) is 69.6 Å². The number of carbonyl (C=O) groups is 2. The van der Waals surface area contributed by atoms with E-state index in [9.17, 15) is 14.0 Å². The third kappa shape index (κ3) is 3.38. The van der Waals surface area contributed by atoms with Crippen LogP contribution in [-0.2, 0) is 9.59 Å². The zero-order valence-electron chi connectivity index (χ0n) is 14.4. The molecular weight excluding hydrogens is 373 g/mol. The summed E-state index contributed by atoms with van der Waals surface area (Å²) in [5, 5.41) is -0.118. The first-order valence-electron chi connectivity index (χ1n) is 8.62. The lowest BCUT2D eigenvalue weighted by atomic mass is 10.2. The summed E-state index contributed by atoms with van der Waals surface area (Å²) < 4.78 is 13.4. The van der Waals surface area contributed by atoms with Crippen molar-refractivity contribution in [2.45, 2.75) is 12.5 Å². The lowest BCUT2D eigenvalue weighted by molar-refractivity contribution is -0.123. The molecule has 1 aromatic heterocycles. The largest absolute Gasteiger partial charge is 0.338 e. The highest BCUT2D eigenvalue weighted by Crippen LogP contribution is 2.29. The van der Waals surface area contributed by atoms with Crippen molar-refractivity contribution in [2.24, 2.45) is 0 Å². The quantitative estimate of drug-likeness (QED) is 0.744. The molecule has 2 saturated heterocycles. The average molecular weight is 390 g/mol. The molecule has 0 N–H and O–H groups in total. The molecule has 27 heavy (non-hydrogen) atoms. The van der Waals surface area contributed by atoms with Crippen molar-refractivity contribution in [1.82, 2.24) is 14.9 Å². The number of carbonyl (C=O) groups excluding carboxylic acids is 2. The maximum Gasteiger partial charge on any atom is 0.251 e. The Labute approximate surface area is 160 Å². The first-order valence-corrected chi connectivity index (χ1v) is 9.00. The number of benzene rings is 1. The minimum absolute atomic E-state index is 0.107. The SMILES string of the molecule is O=C1C[C@H](N2CCN(c3ncccn3)CC2)C(=O)N1c1ccc(F)c(Cl)c1. The van der Waals surface area contributed by atoms with Crippen molar-refractivity contribution in [1.29, 1.82) is 0 Å². The van der Waals surface area contributed by atoms with Gasteiger partial charge in [-0.05, 0) is 24.3 Å². The Hall–Kier alpha value is -2.58. The maximum atomic E-state index is 13.4. The maximum absolute atomic E-state index is 13.4. The van der Waals surface area contributed by atoms with Crippen LogP contribution < -0.4 is 9.80 Å². The van der Waals surface area contributed by atoms with Gasteiger partial charge in [-0.3, -0.25) is 14.5 Å². The number of hydrogen-bond acceptors (Lipinski definition) is 6. The zero-order chi connectivity index (χ0) is 19.0. The van der Waals surface area contributed by atoms with Crippen LogP contribution in [0, 0.1) is 5.82 Å². The molecule has 7 nitrogen and oxygen atoms in total. The second kappa shape index (κ2) is 7.21. The zero-order valence-corrected chi connectivity index (χ0v) is 15.1. The van der Waals surface area contributed by atoms with Crippen LogP contribution >= 0.6 is 11.6 Å². The molecule has 0 aliphatic carbocycles. The second-order valence-electron chi connectivity index (χ2n) is 6.46. The second-order valence-corrected chi connectivity index (χ2v) is 6.86. The highest BCUT2D eigenvalue weighted by Gasteiger charge is 2.43. The molecular formula is C18H17ClFN5O2. The van der Waals surface area contributed by atoms with Crippen molar-refractivity contribution in [3.63, 3.8) is 0 Å². The van der Waals surface area contributed by atoms with Gasteiger partial charge in [0.05, 0.1) is 23.2 Å². The van der Waals surface area contributed by atoms with E-state index in [2.05, 4.69) is 14.9 Å². The Balaban J connectivity index is 1.45. The van der Waals surface area contributed by atoms with Gasteiger partial charge in [-0.1, -0.05) is 11.6 Å². The number of aromatic nitrogens is 2. The molecule has 9 heteroatoms. The van der Waals surface area contributed by atoms with Crippen molar-refractivity contribution in [3.05, 3.63) is 47.5 Å². The normalized spacial score (nSPS) is 21.2. The number of hydrogen-bond donors (Lipinski definition) is 0. The summed E-state index contributed by atoms with van der Waals surface area (Å²) in [6.07, 6.45) is 3.49. The van der Waals surface area contributed by atoms with Gasteiger partial charge in [0.15, 0.2) is 0 Å². The number of rotatable bonds is 3. The van der Waals surface area contributed by atoms with Crippen LogP contribution in [0.4, 0.5) is 16.0 Å². The fourth-order valence-corrected chi connectivity index (χ4v) is 3.66. The lowest BCUT2D eigenvalue weighted by Gasteiger charge is -2.36. The smallest absolute Gasteiger partial charge is 0.251 e. The van der Waals surface area contributed by atoms with Crippen molar-refractivity contribution in [3.8, 4) is 0 Å². The van der Waals surface area contributed by atoms with Gasteiger partial charge in [0.2, 0.25) is 11.9 Å². The summed E-state index contributed by atoms with van der Waals surface area (Å²) in [6, 6.07) is 5.10. The predicted molar refractivity (Wildman–Crippen MR) is 98.1 cm³/mol. The van der Waals surface area contributed by atoms with E-state index < -0.39 is 11.9 Å². The van der Waals surface area contributed by atoms with E-state index in [4.69, 9.17) is 11.6 Å². The Morgan fingerprint density at radius 3 is 2.44 bits per heavy atom. The van der Waals surface area contributed by atoms with E-state index in [1.807, 2.05) is 4.90 Å². The monoisotopic (exact) mass is 389 g/mol. The van der Waals surface area contributed by atoms with Crippen LogP contribution in [0.2, 0.25) is 5.02 Å². The number of imide groups is 1. The van der Waals surface area contributed by atoms with Gasteiger partial charge in [0, 0.05) is 38.6 Å². The number of nitrogens with zero attached hydrogens (tertiary/aromatic N) is 5. The van der Waals surface area contributed by atoms with Crippen LogP contribution in [0.1, 0.15) is 6.42 Å². The molecule has 2 aromatic rings. The number of anilines is 2. The molecule has 0 saturated carbocycles. The van der Waals surface area contributed by atoms with Gasteiger partial charge in [-0.15, -0.1) is 0 Å². The number of halogens is 2. The molecule has 4 rings (SSSR count). The van der Waals surface area contributed by atoms with Crippen LogP contribution in [0.3, 0.4) is 0 Å². The minimum Gasteiger partial charge on any atom is -0.338 e. The summed E-state index contributed by atoms with van der Waals surface area (Å²) in [5.74, 6) is -0.530. The molecule has 3 heterocycles. The van der Waals surface area contributed by atoms with Gasteiger partial charge >= 0.3 is 0 Å². The summed E-state index contributed by atoms with van der Waals surface area (Å²) in [4.78, 5) is 38.9. The summed E-state index contributed by atoms with van der Waals surface area (Å²) >= 11 is 5.79. The van der Waals surface area contributed by atoms with Gasteiger partial charge in [0.1, 0.15) is 5.82 Å². The fraction of sp³-hybridized carbons (Fsp3) is 0.333. The molecule has 2 aliphatic rings. The standard InChI is InChI=1S/C18H17ClFN5O2/c19-13-10-12(2-3-14(13)20)25-16(26)11-15(17(25)27)23-6-8-24(9-7-23)18-21-4-1-5-22-18/h1-5,10,15H,6-9,11H2/t15-/m0/s1. The predicted octanol–water partition coefficient (Wildman–Crippen LogP) is 1.72. The fourth-order valence-electron chi connectivity index (χ4n) is 3.48. The third-order valence-electron chi connectivity index (χ3n) is 4.87. The summed E-state index contributed by atoms with van der Waals surface area (Å²) in [6.45, 7) is 2.59. The summed E-state index contributed by atoms with van der Waals surface area (Å²) in [7, 11) is 0. The molecule has 1 atom stereocenters. The molecule has 140 valence electrons.